The Bertz CT molecular complexity index is 607. The molecule has 0 aliphatic carbocycles. The molecule has 0 heterocycles. The van der Waals surface area contributed by atoms with Gasteiger partial charge in [0.15, 0.2) is 5.78 Å². The van der Waals surface area contributed by atoms with Crippen molar-refractivity contribution in [3.8, 4) is 5.75 Å². The van der Waals surface area contributed by atoms with Gasteiger partial charge in [-0.25, -0.2) is 0 Å². The van der Waals surface area contributed by atoms with Crippen LogP contribution in [-0.4, -0.2) is 26.1 Å². The van der Waals surface area contributed by atoms with Crippen molar-refractivity contribution in [2.45, 2.75) is 20.1 Å². The first-order chi connectivity index (χ1) is 11.7. The molecule has 2 aromatic carbocycles. The number of ether oxygens (including phenoxy) is 3. The zero-order valence-electron chi connectivity index (χ0n) is 14.2. The lowest BCUT2D eigenvalue weighted by molar-refractivity contribution is -0.129. The van der Waals surface area contributed by atoms with Gasteiger partial charge in [0, 0.05) is 5.92 Å². The van der Waals surface area contributed by atoms with E-state index in [-0.39, 0.29) is 18.3 Å². The summed E-state index contributed by atoms with van der Waals surface area (Å²) in [6.07, 6.45) is 0. The van der Waals surface area contributed by atoms with Gasteiger partial charge in [0.05, 0.1) is 26.9 Å². The number of Topliss-reactive ketones (excluding diaryl/α,β-unsaturated/α-hetero) is 1. The predicted molar refractivity (Wildman–Crippen MR) is 92.9 cm³/mol. The van der Waals surface area contributed by atoms with Crippen LogP contribution in [0.25, 0.3) is 0 Å². The highest BCUT2D eigenvalue weighted by atomic mass is 16.5. The van der Waals surface area contributed by atoms with Gasteiger partial charge in [-0.3, -0.25) is 4.79 Å². The molecule has 0 aromatic heterocycles. The van der Waals surface area contributed by atoms with Gasteiger partial charge >= 0.3 is 0 Å². The first-order valence-corrected chi connectivity index (χ1v) is 8.04. The lowest BCUT2D eigenvalue weighted by Gasteiger charge is -2.12. The van der Waals surface area contributed by atoms with Gasteiger partial charge in [-0.15, -0.1) is 0 Å². The van der Waals surface area contributed by atoms with Crippen molar-refractivity contribution >= 4 is 5.78 Å². The maximum Gasteiger partial charge on any atom is 0.163 e. The van der Waals surface area contributed by atoms with Crippen molar-refractivity contribution < 1.29 is 19.0 Å². The lowest BCUT2D eigenvalue weighted by atomic mass is 10.1. The SMILES string of the molecule is COc1ccc(COC[C@H](C)C(=O)COCc2ccccc2)cc1. The maximum atomic E-state index is 12.0. The second kappa shape index (κ2) is 9.85. The van der Waals surface area contributed by atoms with Crippen LogP contribution in [0.5, 0.6) is 5.75 Å². The highest BCUT2D eigenvalue weighted by molar-refractivity contribution is 5.81. The van der Waals surface area contributed by atoms with Crippen LogP contribution in [0.3, 0.4) is 0 Å². The van der Waals surface area contributed by atoms with Gasteiger partial charge in [0.25, 0.3) is 0 Å². The fourth-order valence-corrected chi connectivity index (χ4v) is 2.15. The Kier molecular flexibility index (Phi) is 7.46. The van der Waals surface area contributed by atoms with Crippen LogP contribution in [0.4, 0.5) is 0 Å². The molecule has 4 nitrogen and oxygen atoms in total. The number of ketones is 1. The van der Waals surface area contributed by atoms with Gasteiger partial charge in [-0.1, -0.05) is 49.4 Å². The van der Waals surface area contributed by atoms with E-state index in [1.165, 1.54) is 0 Å². The summed E-state index contributed by atoms with van der Waals surface area (Å²) in [5.41, 5.74) is 2.12. The van der Waals surface area contributed by atoms with Crippen molar-refractivity contribution in [2.75, 3.05) is 20.3 Å². The third kappa shape index (κ3) is 6.14. The predicted octanol–water partition coefficient (Wildman–Crippen LogP) is 3.63. The van der Waals surface area contributed by atoms with E-state index in [4.69, 9.17) is 14.2 Å². The monoisotopic (exact) mass is 328 g/mol. The van der Waals surface area contributed by atoms with Crippen molar-refractivity contribution in [1.82, 2.24) is 0 Å². The van der Waals surface area contributed by atoms with Gasteiger partial charge in [0.1, 0.15) is 12.4 Å². The standard InChI is InChI=1S/C20H24O4/c1-16(12-23-14-18-8-10-19(22-2)11-9-18)20(21)15-24-13-17-6-4-3-5-7-17/h3-11,16H,12-15H2,1-2H3/t16-/m0/s1. The molecule has 0 N–H and O–H groups in total. The van der Waals surface area contributed by atoms with Gasteiger partial charge in [-0.05, 0) is 23.3 Å². The minimum Gasteiger partial charge on any atom is -0.497 e. The summed E-state index contributed by atoms with van der Waals surface area (Å²) in [7, 11) is 1.64. The first kappa shape index (κ1) is 18.2. The van der Waals surface area contributed by atoms with Crippen LogP contribution in [0, 0.1) is 5.92 Å². The molecule has 0 saturated heterocycles. The molecular weight excluding hydrogens is 304 g/mol. The van der Waals surface area contributed by atoms with Crippen LogP contribution in [0.2, 0.25) is 0 Å². The van der Waals surface area contributed by atoms with E-state index in [2.05, 4.69) is 0 Å². The Morgan fingerprint density at radius 2 is 1.54 bits per heavy atom. The molecule has 2 aromatic rings. The molecule has 0 radical (unpaired) electrons. The molecule has 2 rings (SSSR count). The number of hydrogen-bond donors (Lipinski definition) is 0. The number of methoxy groups -OCH3 is 1. The number of hydrogen-bond acceptors (Lipinski definition) is 4. The largest absolute Gasteiger partial charge is 0.497 e. The molecule has 0 bridgehead atoms. The average molecular weight is 328 g/mol. The molecule has 0 unspecified atom stereocenters. The van der Waals surface area contributed by atoms with E-state index >= 15 is 0 Å². The molecule has 128 valence electrons. The summed E-state index contributed by atoms with van der Waals surface area (Å²) in [6.45, 7) is 3.29. The fourth-order valence-electron chi connectivity index (χ4n) is 2.15. The minimum absolute atomic E-state index is 0.0562. The zero-order chi connectivity index (χ0) is 17.2. The Morgan fingerprint density at radius 1 is 0.917 bits per heavy atom. The van der Waals surface area contributed by atoms with Gasteiger partial charge < -0.3 is 14.2 Å². The Hall–Kier alpha value is -2.17. The summed E-state index contributed by atoms with van der Waals surface area (Å²) < 4.78 is 16.2. The third-order valence-corrected chi connectivity index (χ3v) is 3.70. The molecule has 4 heteroatoms. The van der Waals surface area contributed by atoms with Gasteiger partial charge in [-0.2, -0.15) is 0 Å². The molecule has 0 saturated carbocycles. The summed E-state index contributed by atoms with van der Waals surface area (Å²) in [5, 5.41) is 0. The molecular formula is C20H24O4. The molecule has 24 heavy (non-hydrogen) atoms. The number of benzene rings is 2. The molecule has 1 atom stereocenters. The smallest absolute Gasteiger partial charge is 0.163 e. The quantitative estimate of drug-likeness (QED) is 0.668. The second-order valence-electron chi connectivity index (χ2n) is 5.71. The van der Waals surface area contributed by atoms with Crippen LogP contribution >= 0.6 is 0 Å². The summed E-state index contributed by atoms with van der Waals surface area (Å²) in [5.74, 6) is 0.692. The van der Waals surface area contributed by atoms with Crippen molar-refractivity contribution in [2.24, 2.45) is 5.92 Å². The summed E-state index contributed by atoms with van der Waals surface area (Å²) in [4.78, 5) is 12.0. The van der Waals surface area contributed by atoms with E-state index in [0.29, 0.717) is 19.8 Å². The average Bonchev–Trinajstić information content (AvgIpc) is 2.63. The van der Waals surface area contributed by atoms with E-state index in [0.717, 1.165) is 16.9 Å². The molecule has 0 aliphatic heterocycles. The number of carbonyl (C=O) groups excluding carboxylic acids is 1. The van der Waals surface area contributed by atoms with Crippen LogP contribution < -0.4 is 4.74 Å². The van der Waals surface area contributed by atoms with E-state index in [1.54, 1.807) is 7.11 Å². The molecule has 0 fully saturated rings. The van der Waals surface area contributed by atoms with Crippen LogP contribution in [0.15, 0.2) is 54.6 Å². The minimum atomic E-state index is -0.181. The van der Waals surface area contributed by atoms with Crippen LogP contribution in [0.1, 0.15) is 18.1 Å². The Labute approximate surface area is 143 Å². The van der Waals surface area contributed by atoms with E-state index in [9.17, 15) is 4.79 Å². The van der Waals surface area contributed by atoms with Gasteiger partial charge in [0.2, 0.25) is 0 Å². The summed E-state index contributed by atoms with van der Waals surface area (Å²) in [6, 6.07) is 17.5. The Balaban J connectivity index is 1.64. The first-order valence-electron chi connectivity index (χ1n) is 8.04. The topological polar surface area (TPSA) is 44.8 Å². The second-order valence-corrected chi connectivity index (χ2v) is 5.71. The van der Waals surface area contributed by atoms with Crippen molar-refractivity contribution in [3.63, 3.8) is 0 Å². The molecule has 0 spiro atoms. The van der Waals surface area contributed by atoms with Crippen molar-refractivity contribution in [3.05, 3.63) is 65.7 Å². The highest BCUT2D eigenvalue weighted by Crippen LogP contribution is 2.12. The van der Waals surface area contributed by atoms with E-state index < -0.39 is 0 Å². The molecule has 0 amide bonds. The highest BCUT2D eigenvalue weighted by Gasteiger charge is 2.13. The van der Waals surface area contributed by atoms with Crippen molar-refractivity contribution in [1.29, 1.82) is 0 Å². The third-order valence-electron chi connectivity index (χ3n) is 3.70. The molecule has 0 aliphatic rings. The Morgan fingerprint density at radius 3 is 2.21 bits per heavy atom. The van der Waals surface area contributed by atoms with E-state index in [1.807, 2.05) is 61.5 Å². The zero-order valence-corrected chi connectivity index (χ0v) is 14.2. The summed E-state index contributed by atoms with van der Waals surface area (Å²) >= 11 is 0. The number of rotatable bonds is 10. The lowest BCUT2D eigenvalue weighted by Crippen LogP contribution is -2.21. The number of carbonyl (C=O) groups is 1. The normalized spacial score (nSPS) is 11.9. The fraction of sp³-hybridized carbons (Fsp3) is 0.350. The van der Waals surface area contributed by atoms with Crippen LogP contribution in [-0.2, 0) is 27.5 Å². The maximum absolute atomic E-state index is 12.0.